The van der Waals surface area contributed by atoms with E-state index in [1.807, 2.05) is 4.90 Å². The van der Waals surface area contributed by atoms with E-state index < -0.39 is 0 Å². The topological polar surface area (TPSA) is 44.8 Å². The van der Waals surface area contributed by atoms with Crippen molar-refractivity contribution >= 4 is 6.03 Å². The molecule has 2 saturated heterocycles. The first-order chi connectivity index (χ1) is 9.33. The lowest BCUT2D eigenvalue weighted by molar-refractivity contribution is 0.116. The highest BCUT2D eigenvalue weighted by Gasteiger charge is 2.31. The van der Waals surface area contributed by atoms with Gasteiger partial charge in [-0.05, 0) is 31.4 Å². The van der Waals surface area contributed by atoms with Crippen LogP contribution < -0.4 is 5.32 Å². The number of amides is 2. The summed E-state index contributed by atoms with van der Waals surface area (Å²) in [6.07, 6.45) is 5.68. The Morgan fingerprint density at radius 1 is 1.42 bits per heavy atom. The zero-order chi connectivity index (χ0) is 13.1. The SMILES string of the molecule is O=C1NCCN1C1CCCN(CC2=CCCOC2)C1. The van der Waals surface area contributed by atoms with Gasteiger partial charge >= 0.3 is 6.03 Å². The molecule has 1 N–H and O–H groups in total. The first-order valence-electron chi connectivity index (χ1n) is 7.35. The lowest BCUT2D eigenvalue weighted by Gasteiger charge is -2.37. The number of hydrogen-bond acceptors (Lipinski definition) is 3. The number of urea groups is 1. The van der Waals surface area contributed by atoms with Crippen LogP contribution in [0.1, 0.15) is 19.3 Å². The summed E-state index contributed by atoms with van der Waals surface area (Å²) in [6.45, 7) is 6.46. The van der Waals surface area contributed by atoms with Crippen molar-refractivity contribution in [1.29, 1.82) is 0 Å². The van der Waals surface area contributed by atoms with Crippen LogP contribution in [0.5, 0.6) is 0 Å². The minimum absolute atomic E-state index is 0.118. The molecule has 0 aromatic rings. The molecule has 5 nitrogen and oxygen atoms in total. The Bertz CT molecular complexity index is 370. The van der Waals surface area contributed by atoms with E-state index in [2.05, 4.69) is 16.3 Å². The molecule has 1 unspecified atom stereocenters. The van der Waals surface area contributed by atoms with Crippen molar-refractivity contribution in [2.24, 2.45) is 0 Å². The van der Waals surface area contributed by atoms with Crippen LogP contribution in [0.4, 0.5) is 4.79 Å². The predicted octanol–water partition coefficient (Wildman–Crippen LogP) is 0.823. The number of nitrogens with one attached hydrogen (secondary N) is 1. The highest BCUT2D eigenvalue weighted by molar-refractivity contribution is 5.76. The van der Waals surface area contributed by atoms with E-state index in [9.17, 15) is 4.79 Å². The van der Waals surface area contributed by atoms with E-state index in [1.165, 1.54) is 12.0 Å². The molecule has 0 aliphatic carbocycles. The molecule has 0 saturated carbocycles. The Kier molecular flexibility index (Phi) is 4.03. The van der Waals surface area contributed by atoms with Crippen LogP contribution in [0.3, 0.4) is 0 Å². The number of rotatable bonds is 3. The van der Waals surface area contributed by atoms with E-state index >= 15 is 0 Å². The fourth-order valence-electron chi connectivity index (χ4n) is 3.27. The summed E-state index contributed by atoms with van der Waals surface area (Å²) in [6, 6.07) is 0.508. The van der Waals surface area contributed by atoms with Gasteiger partial charge in [-0.1, -0.05) is 6.08 Å². The number of piperidine rings is 1. The number of hydrogen-bond donors (Lipinski definition) is 1. The third-order valence-corrected chi connectivity index (χ3v) is 4.22. The number of carbonyl (C=O) groups is 1. The van der Waals surface area contributed by atoms with Crippen molar-refractivity contribution in [3.05, 3.63) is 11.6 Å². The molecule has 3 heterocycles. The first kappa shape index (κ1) is 12.9. The van der Waals surface area contributed by atoms with Gasteiger partial charge in [0.15, 0.2) is 0 Å². The third kappa shape index (κ3) is 3.09. The number of likely N-dealkylation sites (tertiary alicyclic amines) is 1. The summed E-state index contributed by atoms with van der Waals surface area (Å²) in [5, 5.41) is 2.90. The van der Waals surface area contributed by atoms with Crippen LogP contribution >= 0.6 is 0 Å². The molecular formula is C14H23N3O2. The lowest BCUT2D eigenvalue weighted by Crippen LogP contribution is -2.49. The van der Waals surface area contributed by atoms with E-state index in [0.717, 1.165) is 58.8 Å². The highest BCUT2D eigenvalue weighted by Crippen LogP contribution is 2.19. The smallest absolute Gasteiger partial charge is 0.317 e. The molecule has 0 aromatic carbocycles. The van der Waals surface area contributed by atoms with Gasteiger partial charge in [-0.25, -0.2) is 4.79 Å². The number of nitrogens with zero attached hydrogens (tertiary/aromatic N) is 2. The summed E-state index contributed by atoms with van der Waals surface area (Å²) in [7, 11) is 0. The van der Waals surface area contributed by atoms with Crippen molar-refractivity contribution in [2.75, 3.05) is 45.9 Å². The van der Waals surface area contributed by atoms with Crippen molar-refractivity contribution in [3.63, 3.8) is 0 Å². The molecule has 0 bridgehead atoms. The average Bonchev–Trinajstić information content (AvgIpc) is 2.86. The van der Waals surface area contributed by atoms with Gasteiger partial charge in [0.25, 0.3) is 0 Å². The van der Waals surface area contributed by atoms with E-state index in [0.29, 0.717) is 6.04 Å². The maximum atomic E-state index is 11.7. The monoisotopic (exact) mass is 265 g/mol. The zero-order valence-electron chi connectivity index (χ0n) is 11.4. The van der Waals surface area contributed by atoms with E-state index in [4.69, 9.17) is 4.74 Å². The predicted molar refractivity (Wildman–Crippen MR) is 73.1 cm³/mol. The maximum Gasteiger partial charge on any atom is 0.317 e. The molecule has 1 atom stereocenters. The largest absolute Gasteiger partial charge is 0.377 e. The molecule has 5 heteroatoms. The fourth-order valence-corrected chi connectivity index (χ4v) is 3.27. The second kappa shape index (κ2) is 5.92. The molecule has 106 valence electrons. The quantitative estimate of drug-likeness (QED) is 0.769. The normalized spacial score (nSPS) is 29.3. The maximum absolute atomic E-state index is 11.7. The molecule has 0 radical (unpaired) electrons. The van der Waals surface area contributed by atoms with Crippen LogP contribution in [-0.4, -0.2) is 67.8 Å². The fraction of sp³-hybridized carbons (Fsp3) is 0.786. The van der Waals surface area contributed by atoms with Crippen molar-refractivity contribution in [3.8, 4) is 0 Å². The van der Waals surface area contributed by atoms with E-state index in [-0.39, 0.29) is 6.03 Å². The molecular weight excluding hydrogens is 242 g/mol. The summed E-state index contributed by atoms with van der Waals surface area (Å²) < 4.78 is 5.50. The highest BCUT2D eigenvalue weighted by atomic mass is 16.5. The Morgan fingerprint density at radius 3 is 3.11 bits per heavy atom. The Balaban J connectivity index is 1.55. The van der Waals surface area contributed by atoms with Crippen molar-refractivity contribution in [1.82, 2.24) is 15.1 Å². The second-order valence-corrected chi connectivity index (χ2v) is 5.66. The lowest BCUT2D eigenvalue weighted by atomic mass is 10.0. The van der Waals surface area contributed by atoms with E-state index in [1.54, 1.807) is 0 Å². The van der Waals surface area contributed by atoms with Crippen molar-refractivity contribution < 1.29 is 9.53 Å². The van der Waals surface area contributed by atoms with Crippen LogP contribution in [-0.2, 0) is 4.74 Å². The minimum Gasteiger partial charge on any atom is -0.377 e. The third-order valence-electron chi connectivity index (χ3n) is 4.22. The van der Waals surface area contributed by atoms with Gasteiger partial charge in [-0.3, -0.25) is 4.90 Å². The zero-order valence-corrected chi connectivity index (χ0v) is 11.4. The molecule has 2 fully saturated rings. The molecule has 3 aliphatic rings. The Hall–Kier alpha value is -1.07. The first-order valence-corrected chi connectivity index (χ1v) is 7.35. The van der Waals surface area contributed by atoms with Crippen LogP contribution in [0.2, 0.25) is 0 Å². The van der Waals surface area contributed by atoms with Gasteiger partial charge in [0.05, 0.1) is 13.2 Å². The van der Waals surface area contributed by atoms with Gasteiger partial charge in [-0.15, -0.1) is 0 Å². The molecule has 3 rings (SSSR count). The molecule has 19 heavy (non-hydrogen) atoms. The molecule has 0 spiro atoms. The van der Waals surface area contributed by atoms with Crippen LogP contribution in [0, 0.1) is 0 Å². The Morgan fingerprint density at radius 2 is 2.37 bits per heavy atom. The standard InChI is InChI=1S/C14H23N3O2/c18-14-15-5-7-17(14)13-4-1-6-16(10-13)9-12-3-2-8-19-11-12/h3,13H,1-2,4-11H2,(H,15,18). The van der Waals surface area contributed by atoms with Gasteiger partial charge in [0.2, 0.25) is 0 Å². The Labute approximate surface area is 114 Å². The molecule has 0 aromatic heterocycles. The van der Waals surface area contributed by atoms with Crippen LogP contribution in [0.25, 0.3) is 0 Å². The summed E-state index contributed by atoms with van der Waals surface area (Å²) in [4.78, 5) is 16.2. The molecule has 2 amide bonds. The van der Waals surface area contributed by atoms with Gasteiger partial charge in [-0.2, -0.15) is 0 Å². The van der Waals surface area contributed by atoms with Crippen molar-refractivity contribution in [2.45, 2.75) is 25.3 Å². The summed E-state index contributed by atoms with van der Waals surface area (Å²) >= 11 is 0. The number of ether oxygens (including phenoxy) is 1. The molecule has 3 aliphatic heterocycles. The van der Waals surface area contributed by atoms with Gasteiger partial charge in [0, 0.05) is 32.2 Å². The summed E-state index contributed by atoms with van der Waals surface area (Å²) in [5.41, 5.74) is 1.40. The minimum atomic E-state index is 0.118. The average molecular weight is 265 g/mol. The number of carbonyl (C=O) groups excluding carboxylic acids is 1. The van der Waals surface area contributed by atoms with Gasteiger partial charge in [0.1, 0.15) is 0 Å². The van der Waals surface area contributed by atoms with Gasteiger partial charge < -0.3 is 15.0 Å². The summed E-state index contributed by atoms with van der Waals surface area (Å²) in [5.74, 6) is 0. The van der Waals surface area contributed by atoms with Crippen LogP contribution in [0.15, 0.2) is 11.6 Å². The second-order valence-electron chi connectivity index (χ2n) is 5.66.